The number of aromatic nitrogens is 2. The molecule has 0 radical (unpaired) electrons. The lowest BCUT2D eigenvalue weighted by Crippen LogP contribution is -2.05. The predicted molar refractivity (Wildman–Crippen MR) is 74.9 cm³/mol. The maximum atomic E-state index is 6.26. The number of hydrogen-bond donors (Lipinski definition) is 1. The number of halogens is 1. The number of benzene rings is 1. The molecule has 2 heterocycles. The van der Waals surface area contributed by atoms with E-state index < -0.39 is 0 Å². The van der Waals surface area contributed by atoms with Crippen molar-refractivity contribution in [2.45, 2.75) is 26.2 Å². The van der Waals surface area contributed by atoms with Gasteiger partial charge in [0, 0.05) is 12.1 Å². The Labute approximate surface area is 112 Å². The van der Waals surface area contributed by atoms with Crippen LogP contribution in [0.25, 0.3) is 5.69 Å². The highest BCUT2D eigenvalue weighted by atomic mass is 35.5. The van der Waals surface area contributed by atoms with Crippen LogP contribution < -0.4 is 5.32 Å². The van der Waals surface area contributed by atoms with Crippen LogP contribution in [0.15, 0.2) is 24.3 Å². The van der Waals surface area contributed by atoms with Crippen LogP contribution in [0.5, 0.6) is 0 Å². The predicted octanol–water partition coefficient (Wildman–Crippen LogP) is 3.62. The summed E-state index contributed by atoms with van der Waals surface area (Å²) in [6.45, 7) is 5.34. The number of anilines is 1. The first-order valence-electron chi connectivity index (χ1n) is 6.29. The highest BCUT2D eigenvalue weighted by Gasteiger charge is 2.24. The van der Waals surface area contributed by atoms with Crippen LogP contribution in [0.4, 0.5) is 5.82 Å². The van der Waals surface area contributed by atoms with Crippen LogP contribution in [-0.4, -0.2) is 16.3 Å². The summed E-state index contributed by atoms with van der Waals surface area (Å²) in [5.41, 5.74) is 3.46. The van der Waals surface area contributed by atoms with Crippen LogP contribution in [-0.2, 0) is 6.42 Å². The number of nitrogens with zero attached hydrogens (tertiary/aromatic N) is 2. The SMILES string of the molecule is CC(C)c1nn(-c2ccccc2Cl)c2c1CCN2. The van der Waals surface area contributed by atoms with Crippen LogP contribution in [0, 0.1) is 0 Å². The Morgan fingerprint density at radius 3 is 2.83 bits per heavy atom. The van der Waals surface area contributed by atoms with Gasteiger partial charge in [0.2, 0.25) is 0 Å². The van der Waals surface area contributed by atoms with Gasteiger partial charge in [0.15, 0.2) is 0 Å². The summed E-state index contributed by atoms with van der Waals surface area (Å²) in [4.78, 5) is 0. The third-order valence-corrected chi connectivity index (χ3v) is 3.63. The van der Waals surface area contributed by atoms with E-state index in [4.69, 9.17) is 16.7 Å². The molecule has 0 saturated heterocycles. The van der Waals surface area contributed by atoms with Crippen molar-refractivity contribution >= 4 is 17.4 Å². The van der Waals surface area contributed by atoms with Crippen molar-refractivity contribution < 1.29 is 0 Å². The van der Waals surface area contributed by atoms with E-state index in [1.54, 1.807) is 0 Å². The van der Waals surface area contributed by atoms with Gasteiger partial charge in [-0.15, -0.1) is 0 Å². The second kappa shape index (κ2) is 4.32. The van der Waals surface area contributed by atoms with Crippen molar-refractivity contribution in [1.82, 2.24) is 9.78 Å². The smallest absolute Gasteiger partial charge is 0.133 e. The molecule has 4 heteroatoms. The molecule has 1 aliphatic rings. The Balaban J connectivity index is 2.19. The van der Waals surface area contributed by atoms with Crippen molar-refractivity contribution in [2.75, 3.05) is 11.9 Å². The van der Waals surface area contributed by atoms with E-state index in [1.165, 1.54) is 11.3 Å². The van der Waals surface area contributed by atoms with E-state index in [0.29, 0.717) is 5.92 Å². The minimum atomic E-state index is 0.433. The van der Waals surface area contributed by atoms with Gasteiger partial charge < -0.3 is 5.32 Å². The summed E-state index contributed by atoms with van der Waals surface area (Å²) in [7, 11) is 0. The number of rotatable bonds is 2. The fourth-order valence-corrected chi connectivity index (χ4v) is 2.68. The van der Waals surface area contributed by atoms with Crippen molar-refractivity contribution in [3.05, 3.63) is 40.5 Å². The van der Waals surface area contributed by atoms with Gasteiger partial charge in [0.25, 0.3) is 0 Å². The number of nitrogens with one attached hydrogen (secondary N) is 1. The van der Waals surface area contributed by atoms with E-state index >= 15 is 0 Å². The number of para-hydroxylation sites is 1. The number of fused-ring (bicyclic) bond motifs is 1. The maximum Gasteiger partial charge on any atom is 0.133 e. The first-order chi connectivity index (χ1) is 8.68. The second-order valence-electron chi connectivity index (χ2n) is 4.91. The molecule has 94 valence electrons. The second-order valence-corrected chi connectivity index (χ2v) is 5.31. The first kappa shape index (κ1) is 11.6. The molecule has 0 aliphatic carbocycles. The van der Waals surface area contributed by atoms with Crippen LogP contribution in [0.3, 0.4) is 0 Å². The van der Waals surface area contributed by atoms with Crippen molar-refractivity contribution in [3.8, 4) is 5.69 Å². The van der Waals surface area contributed by atoms with Gasteiger partial charge >= 0.3 is 0 Å². The van der Waals surface area contributed by atoms with E-state index in [9.17, 15) is 0 Å². The maximum absolute atomic E-state index is 6.26. The lowest BCUT2D eigenvalue weighted by Gasteiger charge is -2.08. The molecule has 2 aromatic rings. The van der Waals surface area contributed by atoms with Crippen LogP contribution in [0.2, 0.25) is 5.02 Å². The van der Waals surface area contributed by atoms with Crippen molar-refractivity contribution in [1.29, 1.82) is 0 Å². The van der Waals surface area contributed by atoms with E-state index in [-0.39, 0.29) is 0 Å². The van der Waals surface area contributed by atoms with Crippen LogP contribution in [0.1, 0.15) is 31.0 Å². The van der Waals surface area contributed by atoms with E-state index in [2.05, 4.69) is 19.2 Å². The van der Waals surface area contributed by atoms with Crippen molar-refractivity contribution in [3.63, 3.8) is 0 Å². The Hall–Kier alpha value is -1.48. The molecule has 0 spiro atoms. The molecule has 3 rings (SSSR count). The Morgan fingerprint density at radius 2 is 2.11 bits per heavy atom. The lowest BCUT2D eigenvalue weighted by molar-refractivity contribution is 0.756. The molecule has 0 bridgehead atoms. The molecule has 3 nitrogen and oxygen atoms in total. The highest BCUT2D eigenvalue weighted by molar-refractivity contribution is 6.32. The molecular weight excluding hydrogens is 246 g/mol. The molecule has 1 aromatic heterocycles. The summed E-state index contributed by atoms with van der Waals surface area (Å²) in [6, 6.07) is 7.82. The van der Waals surface area contributed by atoms with Gasteiger partial charge in [-0.2, -0.15) is 5.10 Å². The zero-order valence-electron chi connectivity index (χ0n) is 10.6. The van der Waals surface area contributed by atoms with E-state index in [1.807, 2.05) is 28.9 Å². The average Bonchev–Trinajstić information content (AvgIpc) is 2.90. The Bertz CT molecular complexity index is 587. The largest absolute Gasteiger partial charge is 0.369 e. The Kier molecular flexibility index (Phi) is 2.78. The molecule has 0 atom stereocenters. The molecular formula is C14H16ClN3. The number of hydrogen-bond acceptors (Lipinski definition) is 2. The summed E-state index contributed by atoms with van der Waals surface area (Å²) >= 11 is 6.26. The minimum Gasteiger partial charge on any atom is -0.369 e. The summed E-state index contributed by atoms with van der Waals surface area (Å²) in [6.07, 6.45) is 1.05. The molecule has 18 heavy (non-hydrogen) atoms. The zero-order valence-corrected chi connectivity index (χ0v) is 11.3. The monoisotopic (exact) mass is 261 g/mol. The van der Waals surface area contributed by atoms with Crippen molar-refractivity contribution in [2.24, 2.45) is 0 Å². The summed E-state index contributed by atoms with van der Waals surface area (Å²) < 4.78 is 1.94. The standard InChI is InChI=1S/C14H16ClN3/c1-9(2)13-10-7-8-16-14(10)18(17-13)12-6-4-3-5-11(12)15/h3-6,9,16H,7-8H2,1-2H3. The molecule has 1 N–H and O–H groups in total. The first-order valence-corrected chi connectivity index (χ1v) is 6.67. The third-order valence-electron chi connectivity index (χ3n) is 3.31. The summed E-state index contributed by atoms with van der Waals surface area (Å²) in [5.74, 6) is 1.54. The van der Waals surface area contributed by atoms with Gasteiger partial charge in [-0.25, -0.2) is 4.68 Å². The summed E-state index contributed by atoms with van der Waals surface area (Å²) in [5, 5.41) is 8.87. The van der Waals surface area contributed by atoms with Gasteiger partial charge in [0.05, 0.1) is 16.4 Å². The van der Waals surface area contributed by atoms with Gasteiger partial charge in [-0.05, 0) is 24.5 Å². The fraction of sp³-hybridized carbons (Fsp3) is 0.357. The average molecular weight is 262 g/mol. The molecule has 1 aliphatic heterocycles. The molecule has 0 amide bonds. The zero-order chi connectivity index (χ0) is 12.7. The molecule has 0 unspecified atom stereocenters. The quantitative estimate of drug-likeness (QED) is 0.895. The fourth-order valence-electron chi connectivity index (χ4n) is 2.46. The topological polar surface area (TPSA) is 29.9 Å². The molecule has 0 saturated carbocycles. The lowest BCUT2D eigenvalue weighted by atomic mass is 10.1. The normalized spacial score (nSPS) is 13.8. The third kappa shape index (κ3) is 1.70. The minimum absolute atomic E-state index is 0.433. The van der Waals surface area contributed by atoms with Gasteiger partial charge in [-0.3, -0.25) is 0 Å². The van der Waals surface area contributed by atoms with E-state index in [0.717, 1.165) is 29.5 Å². The van der Waals surface area contributed by atoms with Gasteiger partial charge in [0.1, 0.15) is 5.82 Å². The van der Waals surface area contributed by atoms with Crippen LogP contribution >= 0.6 is 11.6 Å². The highest BCUT2D eigenvalue weighted by Crippen LogP contribution is 2.33. The molecule has 0 fully saturated rings. The molecule has 1 aromatic carbocycles. The Morgan fingerprint density at radius 1 is 1.33 bits per heavy atom. The van der Waals surface area contributed by atoms with Gasteiger partial charge in [-0.1, -0.05) is 37.6 Å².